The number of nitrogens with zero attached hydrogens (tertiary/aromatic N) is 1. The third kappa shape index (κ3) is 3.83. The molecule has 5 nitrogen and oxygen atoms in total. The molecule has 0 aromatic heterocycles. The first-order valence-corrected chi connectivity index (χ1v) is 8.65. The Bertz CT molecular complexity index is 640. The summed E-state index contributed by atoms with van der Waals surface area (Å²) in [5.41, 5.74) is 1.69. The Balaban J connectivity index is 2.16. The first-order chi connectivity index (χ1) is 9.37. The van der Waals surface area contributed by atoms with Crippen LogP contribution in [0.5, 0.6) is 0 Å². The van der Waals surface area contributed by atoms with Gasteiger partial charge < -0.3 is 10.0 Å². The molecule has 1 saturated heterocycles. The van der Waals surface area contributed by atoms with E-state index in [1.165, 1.54) is 6.08 Å². The number of carbonyl (C=O) groups is 1. The van der Waals surface area contributed by atoms with Crippen molar-refractivity contribution >= 4 is 43.5 Å². The van der Waals surface area contributed by atoms with Crippen LogP contribution in [0, 0.1) is 0 Å². The summed E-state index contributed by atoms with van der Waals surface area (Å²) in [4.78, 5) is 12.5. The Morgan fingerprint density at radius 2 is 1.95 bits per heavy atom. The Labute approximate surface area is 125 Å². The van der Waals surface area contributed by atoms with E-state index in [1.807, 2.05) is 23.1 Å². The number of anilines is 1. The maximum atomic E-state index is 11.4. The third-order valence-electron chi connectivity index (χ3n) is 3.08. The number of sulfone groups is 1. The summed E-state index contributed by atoms with van der Waals surface area (Å²) < 4.78 is 23.6. The highest BCUT2D eigenvalue weighted by atomic mass is 79.9. The van der Waals surface area contributed by atoms with Gasteiger partial charge in [-0.1, -0.05) is 6.07 Å². The summed E-state index contributed by atoms with van der Waals surface area (Å²) in [6.45, 7) is 0.955. The van der Waals surface area contributed by atoms with Crippen LogP contribution < -0.4 is 4.90 Å². The third-order valence-corrected chi connectivity index (χ3v) is 5.32. The average Bonchev–Trinajstić information content (AvgIpc) is 2.37. The highest BCUT2D eigenvalue weighted by Crippen LogP contribution is 2.29. The van der Waals surface area contributed by atoms with Crippen LogP contribution in [0.3, 0.4) is 0 Å². The molecule has 1 aliphatic rings. The minimum absolute atomic E-state index is 0.167. The summed E-state index contributed by atoms with van der Waals surface area (Å²) in [5.74, 6) is -0.660. The first kappa shape index (κ1) is 15.1. The SMILES string of the molecule is O=C(O)/C=C/c1ccc(N2CCS(=O)(=O)CC2)c(Br)c1. The zero-order valence-corrected chi connectivity index (χ0v) is 13.0. The molecule has 1 heterocycles. The van der Waals surface area contributed by atoms with Crippen molar-refractivity contribution in [1.82, 2.24) is 0 Å². The van der Waals surface area contributed by atoms with Crippen molar-refractivity contribution in [3.8, 4) is 0 Å². The number of hydrogen-bond donors (Lipinski definition) is 1. The second-order valence-corrected chi connectivity index (χ2v) is 7.68. The Kier molecular flexibility index (Phi) is 4.49. The Morgan fingerprint density at radius 3 is 2.50 bits per heavy atom. The van der Waals surface area contributed by atoms with Crippen molar-refractivity contribution in [3.63, 3.8) is 0 Å². The van der Waals surface area contributed by atoms with Crippen LogP contribution in [0.1, 0.15) is 5.56 Å². The number of carboxylic acid groups (broad SMARTS) is 1. The van der Waals surface area contributed by atoms with E-state index < -0.39 is 15.8 Å². The van der Waals surface area contributed by atoms with Gasteiger partial charge in [-0.25, -0.2) is 13.2 Å². The molecule has 108 valence electrons. The monoisotopic (exact) mass is 359 g/mol. The van der Waals surface area contributed by atoms with E-state index in [4.69, 9.17) is 5.11 Å². The molecule has 1 aliphatic heterocycles. The van der Waals surface area contributed by atoms with Crippen LogP contribution in [0.25, 0.3) is 6.08 Å². The number of hydrogen-bond acceptors (Lipinski definition) is 4. The topological polar surface area (TPSA) is 74.7 Å². The Morgan fingerprint density at radius 1 is 1.30 bits per heavy atom. The standard InChI is InChI=1S/C13H14BrNO4S/c14-11-9-10(2-4-13(16)17)1-3-12(11)15-5-7-20(18,19)8-6-15/h1-4,9H,5-8H2,(H,16,17)/b4-2+. The predicted molar refractivity (Wildman–Crippen MR) is 81.7 cm³/mol. The van der Waals surface area contributed by atoms with E-state index in [2.05, 4.69) is 15.9 Å². The van der Waals surface area contributed by atoms with Crippen LogP contribution in [0.2, 0.25) is 0 Å². The van der Waals surface area contributed by atoms with E-state index >= 15 is 0 Å². The molecule has 2 rings (SSSR count). The number of carboxylic acids is 1. The lowest BCUT2D eigenvalue weighted by molar-refractivity contribution is -0.131. The van der Waals surface area contributed by atoms with Crippen molar-refractivity contribution in [2.45, 2.75) is 0 Å². The zero-order chi connectivity index (χ0) is 14.8. The first-order valence-electron chi connectivity index (χ1n) is 6.03. The fraction of sp³-hybridized carbons (Fsp3) is 0.308. The minimum atomic E-state index is -2.90. The lowest BCUT2D eigenvalue weighted by Crippen LogP contribution is -2.40. The molecular weight excluding hydrogens is 346 g/mol. The molecule has 0 unspecified atom stereocenters. The highest BCUT2D eigenvalue weighted by molar-refractivity contribution is 9.10. The van der Waals surface area contributed by atoms with Crippen LogP contribution in [-0.4, -0.2) is 44.1 Å². The van der Waals surface area contributed by atoms with Crippen molar-refractivity contribution in [2.24, 2.45) is 0 Å². The van der Waals surface area contributed by atoms with Gasteiger partial charge in [-0.15, -0.1) is 0 Å². The molecule has 0 aliphatic carbocycles. The molecule has 1 aromatic rings. The van der Waals surface area contributed by atoms with Crippen molar-refractivity contribution in [1.29, 1.82) is 0 Å². The summed E-state index contributed by atoms with van der Waals surface area (Å²) in [6, 6.07) is 5.49. The van der Waals surface area contributed by atoms with Gasteiger partial charge in [0.1, 0.15) is 0 Å². The molecule has 0 spiro atoms. The predicted octanol–water partition coefficient (Wildman–Crippen LogP) is 1.78. The van der Waals surface area contributed by atoms with Crippen LogP contribution in [0.4, 0.5) is 5.69 Å². The number of benzene rings is 1. The van der Waals surface area contributed by atoms with E-state index in [0.29, 0.717) is 13.1 Å². The highest BCUT2D eigenvalue weighted by Gasteiger charge is 2.22. The fourth-order valence-corrected chi connectivity index (χ4v) is 3.85. The zero-order valence-electron chi connectivity index (χ0n) is 10.6. The molecule has 1 fully saturated rings. The van der Waals surface area contributed by atoms with Crippen LogP contribution in [-0.2, 0) is 14.6 Å². The quantitative estimate of drug-likeness (QED) is 0.832. The van der Waals surface area contributed by atoms with Crippen LogP contribution in [0.15, 0.2) is 28.7 Å². The van der Waals surface area contributed by atoms with E-state index in [-0.39, 0.29) is 11.5 Å². The van der Waals surface area contributed by atoms with Crippen molar-refractivity contribution in [2.75, 3.05) is 29.5 Å². The van der Waals surface area contributed by atoms with Gasteiger partial charge in [-0.2, -0.15) is 0 Å². The van der Waals surface area contributed by atoms with E-state index in [1.54, 1.807) is 0 Å². The van der Waals surface area contributed by atoms with Gasteiger partial charge in [0.05, 0.1) is 17.2 Å². The summed E-state index contributed by atoms with van der Waals surface area (Å²) >= 11 is 3.45. The van der Waals surface area contributed by atoms with Crippen molar-refractivity contribution < 1.29 is 18.3 Å². The number of halogens is 1. The largest absolute Gasteiger partial charge is 0.478 e. The molecule has 7 heteroatoms. The molecule has 0 bridgehead atoms. The number of aliphatic carboxylic acids is 1. The van der Waals surface area contributed by atoms with Gasteiger partial charge in [0.15, 0.2) is 9.84 Å². The lowest BCUT2D eigenvalue weighted by Gasteiger charge is -2.29. The molecule has 20 heavy (non-hydrogen) atoms. The second-order valence-electron chi connectivity index (χ2n) is 4.52. The maximum absolute atomic E-state index is 11.4. The summed E-state index contributed by atoms with van der Waals surface area (Å²) in [7, 11) is -2.90. The van der Waals surface area contributed by atoms with Gasteiger partial charge in [-0.3, -0.25) is 0 Å². The lowest BCUT2D eigenvalue weighted by atomic mass is 10.2. The average molecular weight is 360 g/mol. The molecule has 0 radical (unpaired) electrons. The molecule has 0 atom stereocenters. The minimum Gasteiger partial charge on any atom is -0.478 e. The number of rotatable bonds is 3. The van der Waals surface area contributed by atoms with Crippen LogP contribution >= 0.6 is 15.9 Å². The van der Waals surface area contributed by atoms with Gasteiger partial charge >= 0.3 is 5.97 Å². The maximum Gasteiger partial charge on any atom is 0.328 e. The molecule has 1 N–H and O–H groups in total. The summed E-state index contributed by atoms with van der Waals surface area (Å²) in [5, 5.41) is 8.59. The molecular formula is C13H14BrNO4S. The fourth-order valence-electron chi connectivity index (χ4n) is 2.00. The smallest absolute Gasteiger partial charge is 0.328 e. The van der Waals surface area contributed by atoms with Gasteiger partial charge in [0.2, 0.25) is 0 Å². The van der Waals surface area contributed by atoms with Gasteiger partial charge in [0.25, 0.3) is 0 Å². The van der Waals surface area contributed by atoms with Gasteiger partial charge in [0, 0.05) is 23.6 Å². The summed E-state index contributed by atoms with van der Waals surface area (Å²) in [6.07, 6.45) is 2.59. The second kappa shape index (κ2) is 5.97. The normalized spacial score (nSPS) is 18.4. The van der Waals surface area contributed by atoms with Gasteiger partial charge in [-0.05, 0) is 39.7 Å². The van der Waals surface area contributed by atoms with E-state index in [0.717, 1.165) is 21.8 Å². The molecule has 1 aromatic carbocycles. The van der Waals surface area contributed by atoms with E-state index in [9.17, 15) is 13.2 Å². The van der Waals surface area contributed by atoms with Crippen molar-refractivity contribution in [3.05, 3.63) is 34.3 Å². The molecule has 0 saturated carbocycles. The molecule has 0 amide bonds. The Hall–Kier alpha value is -1.34.